The van der Waals surface area contributed by atoms with Crippen LogP contribution in [-0.2, 0) is 4.74 Å². The van der Waals surface area contributed by atoms with Gasteiger partial charge in [0.25, 0.3) is 5.82 Å². The van der Waals surface area contributed by atoms with Crippen LogP contribution in [0.5, 0.6) is 5.75 Å². The second kappa shape index (κ2) is 8.75. The van der Waals surface area contributed by atoms with Gasteiger partial charge in [0, 0.05) is 13.1 Å². The number of carbonyl (C=O) groups excluding carboxylic acids is 1. The molecule has 0 fully saturated rings. The van der Waals surface area contributed by atoms with Crippen molar-refractivity contribution in [1.29, 1.82) is 0 Å². The van der Waals surface area contributed by atoms with Crippen LogP contribution in [0.25, 0.3) is 4.85 Å². The SMILES string of the molecule is [C-]#[N+]c1cc(C(OC(=O)N(CC)CC)c2c(O)ccc(Cl)c2Cl)ccn1. The lowest BCUT2D eigenvalue weighted by Crippen LogP contribution is -2.32. The van der Waals surface area contributed by atoms with Crippen LogP contribution in [0.4, 0.5) is 10.6 Å². The van der Waals surface area contributed by atoms with E-state index in [1.54, 1.807) is 6.07 Å². The van der Waals surface area contributed by atoms with Gasteiger partial charge in [0.15, 0.2) is 6.10 Å². The van der Waals surface area contributed by atoms with Gasteiger partial charge >= 0.3 is 6.09 Å². The van der Waals surface area contributed by atoms with Gasteiger partial charge in [0.05, 0.1) is 15.6 Å². The Labute approximate surface area is 161 Å². The highest BCUT2D eigenvalue weighted by atomic mass is 35.5. The van der Waals surface area contributed by atoms with Gasteiger partial charge in [-0.15, -0.1) is 4.98 Å². The average molecular weight is 394 g/mol. The molecule has 0 bridgehead atoms. The molecule has 0 spiro atoms. The highest BCUT2D eigenvalue weighted by Gasteiger charge is 2.28. The summed E-state index contributed by atoms with van der Waals surface area (Å²) in [5, 5.41) is 10.6. The molecule has 0 aliphatic carbocycles. The number of carbonyl (C=O) groups is 1. The van der Waals surface area contributed by atoms with Gasteiger partial charge in [-0.3, -0.25) is 0 Å². The Balaban J connectivity index is 2.58. The summed E-state index contributed by atoms with van der Waals surface area (Å²) in [6.45, 7) is 11.7. The van der Waals surface area contributed by atoms with Crippen LogP contribution in [0.15, 0.2) is 30.5 Å². The summed E-state index contributed by atoms with van der Waals surface area (Å²) in [6, 6.07) is 5.89. The highest BCUT2D eigenvalue weighted by molar-refractivity contribution is 6.42. The molecule has 1 aromatic heterocycles. The molecule has 1 unspecified atom stereocenters. The second-order valence-corrected chi connectivity index (χ2v) is 6.07. The first-order valence-electron chi connectivity index (χ1n) is 7.88. The maximum Gasteiger partial charge on any atom is 0.410 e. The van der Waals surface area contributed by atoms with Crippen LogP contribution in [0.2, 0.25) is 10.0 Å². The highest BCUT2D eigenvalue weighted by Crippen LogP contribution is 2.41. The summed E-state index contributed by atoms with van der Waals surface area (Å²) < 4.78 is 5.64. The number of hydrogen-bond acceptors (Lipinski definition) is 4. The van der Waals surface area contributed by atoms with E-state index in [0.717, 1.165) is 0 Å². The zero-order valence-electron chi connectivity index (χ0n) is 14.2. The van der Waals surface area contributed by atoms with Gasteiger partial charge in [0.2, 0.25) is 0 Å². The maximum absolute atomic E-state index is 12.5. The van der Waals surface area contributed by atoms with E-state index < -0.39 is 12.2 Å². The lowest BCUT2D eigenvalue weighted by atomic mass is 10.0. The van der Waals surface area contributed by atoms with E-state index >= 15 is 0 Å². The van der Waals surface area contributed by atoms with Crippen molar-refractivity contribution in [3.8, 4) is 5.75 Å². The van der Waals surface area contributed by atoms with Crippen molar-refractivity contribution in [2.75, 3.05) is 13.1 Å². The van der Waals surface area contributed by atoms with E-state index in [-0.39, 0.29) is 27.2 Å². The minimum atomic E-state index is -1.04. The van der Waals surface area contributed by atoms with Crippen LogP contribution in [0.3, 0.4) is 0 Å². The number of phenolic OH excluding ortho intramolecular Hbond substituents is 1. The third-order valence-corrected chi connectivity index (χ3v) is 4.62. The minimum Gasteiger partial charge on any atom is -0.507 e. The standard InChI is InChI=1S/C18H17Cl2N3O3/c1-4-23(5-2)18(25)26-17(11-8-9-22-14(10-11)21-3)15-13(24)7-6-12(19)16(15)20/h6-10,17,24H,4-5H2,1-2H3. The molecule has 2 rings (SSSR count). The number of amides is 1. The van der Waals surface area contributed by atoms with Crippen molar-refractivity contribution in [2.45, 2.75) is 20.0 Å². The smallest absolute Gasteiger partial charge is 0.410 e. The first kappa shape index (κ1) is 19.8. The fraction of sp³-hybridized carbons (Fsp3) is 0.278. The number of ether oxygens (including phenoxy) is 1. The number of hydrogen-bond donors (Lipinski definition) is 1. The molecule has 1 atom stereocenters. The van der Waals surface area contributed by atoms with E-state index in [0.29, 0.717) is 18.7 Å². The Morgan fingerprint density at radius 3 is 2.65 bits per heavy atom. The van der Waals surface area contributed by atoms with Crippen LogP contribution < -0.4 is 0 Å². The Bertz CT molecular complexity index is 848. The molecule has 0 aliphatic rings. The lowest BCUT2D eigenvalue weighted by molar-refractivity contribution is 0.0796. The number of aromatic hydroxyl groups is 1. The summed E-state index contributed by atoms with van der Waals surface area (Å²) in [5.74, 6) is -0.0399. The van der Waals surface area contributed by atoms with E-state index in [1.165, 1.54) is 29.3 Å². The van der Waals surface area contributed by atoms with Crippen molar-refractivity contribution in [3.05, 3.63) is 63.1 Å². The summed E-state index contributed by atoms with van der Waals surface area (Å²) in [4.78, 5) is 21.2. The minimum absolute atomic E-state index is 0.0742. The van der Waals surface area contributed by atoms with Gasteiger partial charge in [-0.1, -0.05) is 29.8 Å². The molecule has 6 nitrogen and oxygen atoms in total. The molecule has 8 heteroatoms. The zero-order chi connectivity index (χ0) is 19.3. The zero-order valence-corrected chi connectivity index (χ0v) is 15.8. The Morgan fingerprint density at radius 2 is 2.04 bits per heavy atom. The molecule has 0 saturated carbocycles. The fourth-order valence-corrected chi connectivity index (χ4v) is 2.84. The van der Waals surface area contributed by atoms with Crippen LogP contribution in [0, 0.1) is 6.57 Å². The Morgan fingerprint density at radius 1 is 1.35 bits per heavy atom. The Kier molecular flexibility index (Phi) is 6.67. The van der Waals surface area contributed by atoms with Crippen molar-refractivity contribution >= 4 is 35.1 Å². The molecule has 0 aliphatic heterocycles. The largest absolute Gasteiger partial charge is 0.507 e. The monoisotopic (exact) mass is 393 g/mol. The third-order valence-electron chi connectivity index (χ3n) is 3.80. The molecule has 0 radical (unpaired) electrons. The van der Waals surface area contributed by atoms with E-state index in [9.17, 15) is 9.90 Å². The normalized spacial score (nSPS) is 11.5. The van der Waals surface area contributed by atoms with Crippen LogP contribution >= 0.6 is 23.2 Å². The molecular weight excluding hydrogens is 377 g/mol. The summed E-state index contributed by atoms with van der Waals surface area (Å²) in [7, 11) is 0. The Hall–Kier alpha value is -2.49. The van der Waals surface area contributed by atoms with E-state index in [4.69, 9.17) is 34.5 Å². The van der Waals surface area contributed by atoms with E-state index in [2.05, 4.69) is 9.83 Å². The average Bonchev–Trinajstić information content (AvgIpc) is 2.65. The molecule has 1 aromatic carbocycles. The molecule has 2 aromatic rings. The maximum atomic E-state index is 12.5. The first-order valence-corrected chi connectivity index (χ1v) is 8.64. The van der Waals surface area contributed by atoms with E-state index in [1.807, 2.05) is 13.8 Å². The summed E-state index contributed by atoms with van der Waals surface area (Å²) in [6.07, 6.45) is -0.189. The van der Waals surface area contributed by atoms with Crippen LogP contribution in [-0.4, -0.2) is 34.2 Å². The van der Waals surface area contributed by atoms with Gasteiger partial charge in [-0.2, -0.15) is 0 Å². The molecule has 136 valence electrons. The summed E-state index contributed by atoms with van der Waals surface area (Å²) in [5.41, 5.74) is 0.604. The van der Waals surface area contributed by atoms with Gasteiger partial charge in [-0.25, -0.2) is 4.79 Å². The molecule has 26 heavy (non-hydrogen) atoms. The van der Waals surface area contributed by atoms with Gasteiger partial charge < -0.3 is 19.6 Å². The topological polar surface area (TPSA) is 67.0 Å². The molecule has 1 N–H and O–H groups in total. The van der Waals surface area contributed by atoms with Crippen molar-refractivity contribution in [3.63, 3.8) is 0 Å². The van der Waals surface area contributed by atoms with Crippen molar-refractivity contribution in [1.82, 2.24) is 9.88 Å². The number of aromatic nitrogens is 1. The predicted octanol–water partition coefficient (Wildman–Crippen LogP) is 5.21. The van der Waals surface area contributed by atoms with Gasteiger partial charge in [0.1, 0.15) is 11.9 Å². The summed E-state index contributed by atoms with van der Waals surface area (Å²) >= 11 is 12.3. The lowest BCUT2D eigenvalue weighted by Gasteiger charge is -2.25. The molecular formula is C18H17Cl2N3O3. The second-order valence-electron chi connectivity index (χ2n) is 5.29. The number of benzene rings is 1. The number of rotatable bonds is 5. The molecule has 0 saturated heterocycles. The van der Waals surface area contributed by atoms with Gasteiger partial charge in [-0.05, 0) is 43.7 Å². The predicted molar refractivity (Wildman–Crippen MR) is 99.9 cm³/mol. The van der Waals surface area contributed by atoms with Crippen molar-refractivity contribution in [2.24, 2.45) is 0 Å². The number of pyridine rings is 1. The quantitative estimate of drug-likeness (QED) is 0.707. The number of halogens is 2. The third kappa shape index (κ3) is 4.18. The number of nitrogens with zero attached hydrogens (tertiary/aromatic N) is 3. The molecule has 1 heterocycles. The fourth-order valence-electron chi connectivity index (χ4n) is 2.41. The van der Waals surface area contributed by atoms with Crippen molar-refractivity contribution < 1.29 is 14.6 Å². The number of phenols is 1. The molecule has 1 amide bonds. The van der Waals surface area contributed by atoms with Crippen LogP contribution in [0.1, 0.15) is 31.1 Å². The first-order chi connectivity index (χ1) is 12.4.